The number of rotatable bonds is 1. The fourth-order valence-corrected chi connectivity index (χ4v) is 3.38. The fourth-order valence-electron chi connectivity index (χ4n) is 3.38. The summed E-state index contributed by atoms with van der Waals surface area (Å²) in [6.45, 7) is 3.23. The van der Waals surface area contributed by atoms with Crippen LogP contribution in [0, 0.1) is 11.3 Å². The van der Waals surface area contributed by atoms with Crippen molar-refractivity contribution in [1.29, 1.82) is 5.26 Å². The third-order valence-corrected chi connectivity index (χ3v) is 4.78. The van der Waals surface area contributed by atoms with E-state index in [1.54, 1.807) is 0 Å². The lowest BCUT2D eigenvalue weighted by Gasteiger charge is -2.36. The molecule has 4 nitrogen and oxygen atoms in total. The lowest BCUT2D eigenvalue weighted by molar-refractivity contribution is 0.130. The van der Waals surface area contributed by atoms with Crippen molar-refractivity contribution in [2.45, 2.75) is 38.3 Å². The maximum Gasteiger partial charge on any atom is 0.111 e. The van der Waals surface area contributed by atoms with Crippen LogP contribution in [0.4, 0.5) is 0 Å². The third-order valence-electron chi connectivity index (χ3n) is 4.78. The van der Waals surface area contributed by atoms with E-state index in [2.05, 4.69) is 15.5 Å². The molecular formula is C16H18N4. The van der Waals surface area contributed by atoms with Gasteiger partial charge in [-0.2, -0.15) is 5.26 Å². The molecule has 2 heterocycles. The Hall–Kier alpha value is -1.86. The van der Waals surface area contributed by atoms with Gasteiger partial charge in [-0.05, 0) is 31.0 Å². The molecule has 102 valence electrons. The van der Waals surface area contributed by atoms with E-state index >= 15 is 0 Å². The highest BCUT2D eigenvalue weighted by molar-refractivity contribution is 5.77. The lowest BCUT2D eigenvalue weighted by Crippen LogP contribution is -2.41. The highest BCUT2D eigenvalue weighted by atomic mass is 15.2. The number of hydrogen-bond acceptors (Lipinski definition) is 3. The van der Waals surface area contributed by atoms with Crippen LogP contribution in [-0.4, -0.2) is 33.6 Å². The average Bonchev–Trinajstić information content (AvgIpc) is 2.64. The van der Waals surface area contributed by atoms with E-state index in [0.717, 1.165) is 48.7 Å². The molecule has 1 aromatic carbocycles. The van der Waals surface area contributed by atoms with Crippen molar-refractivity contribution >= 4 is 11.0 Å². The van der Waals surface area contributed by atoms with E-state index in [0.29, 0.717) is 0 Å². The summed E-state index contributed by atoms with van der Waals surface area (Å²) in [5, 5.41) is 9.06. The van der Waals surface area contributed by atoms with Crippen molar-refractivity contribution in [1.82, 2.24) is 14.5 Å². The first-order valence-corrected chi connectivity index (χ1v) is 7.48. The molecule has 0 amide bonds. The monoisotopic (exact) mass is 266 g/mol. The summed E-state index contributed by atoms with van der Waals surface area (Å²) in [5.74, 6) is 1.18. The van der Waals surface area contributed by atoms with E-state index < -0.39 is 0 Å². The maximum absolute atomic E-state index is 9.06. The summed E-state index contributed by atoms with van der Waals surface area (Å²) < 4.78 is 2.31. The second-order valence-corrected chi connectivity index (χ2v) is 5.87. The van der Waals surface area contributed by atoms with Gasteiger partial charge in [0.1, 0.15) is 5.82 Å². The molecule has 0 spiro atoms. The van der Waals surface area contributed by atoms with E-state index in [1.165, 1.54) is 25.1 Å². The predicted molar refractivity (Wildman–Crippen MR) is 77.4 cm³/mol. The largest absolute Gasteiger partial charge is 0.327 e. The summed E-state index contributed by atoms with van der Waals surface area (Å²) in [6.07, 6.45) is 5.14. The smallest absolute Gasteiger partial charge is 0.111 e. The molecule has 1 aliphatic carbocycles. The zero-order valence-corrected chi connectivity index (χ0v) is 11.5. The Balaban J connectivity index is 1.68. The van der Waals surface area contributed by atoms with E-state index in [1.807, 2.05) is 18.2 Å². The molecule has 2 aromatic rings. The summed E-state index contributed by atoms with van der Waals surface area (Å²) in [6, 6.07) is 8.84. The predicted octanol–water partition coefficient (Wildman–Crippen LogP) is 2.32. The second kappa shape index (κ2) is 4.60. The molecule has 1 saturated carbocycles. The van der Waals surface area contributed by atoms with Crippen molar-refractivity contribution in [2.75, 3.05) is 13.1 Å². The number of benzene rings is 1. The van der Waals surface area contributed by atoms with Crippen molar-refractivity contribution in [3.8, 4) is 6.07 Å². The van der Waals surface area contributed by atoms with Crippen molar-refractivity contribution in [3.05, 3.63) is 29.6 Å². The maximum atomic E-state index is 9.06. The minimum absolute atomic E-state index is 0.722. The minimum Gasteiger partial charge on any atom is -0.327 e. The number of hydrogen-bond donors (Lipinski definition) is 0. The van der Waals surface area contributed by atoms with Crippen LogP contribution < -0.4 is 0 Å². The van der Waals surface area contributed by atoms with Crippen molar-refractivity contribution < 1.29 is 0 Å². The van der Waals surface area contributed by atoms with Crippen LogP contribution >= 0.6 is 0 Å². The molecule has 4 heteroatoms. The Morgan fingerprint density at radius 1 is 1.20 bits per heavy atom. The molecule has 0 bridgehead atoms. The van der Waals surface area contributed by atoms with Crippen LogP contribution in [0.25, 0.3) is 11.0 Å². The van der Waals surface area contributed by atoms with Gasteiger partial charge in [0.25, 0.3) is 0 Å². The topological polar surface area (TPSA) is 44.9 Å². The lowest BCUT2D eigenvalue weighted by atomic mass is 9.91. The molecule has 0 radical (unpaired) electrons. The zero-order chi connectivity index (χ0) is 13.5. The first kappa shape index (κ1) is 11.9. The van der Waals surface area contributed by atoms with Gasteiger partial charge in [-0.15, -0.1) is 0 Å². The first-order valence-electron chi connectivity index (χ1n) is 7.48. The van der Waals surface area contributed by atoms with Crippen LogP contribution in [0.5, 0.6) is 0 Å². The highest BCUT2D eigenvalue weighted by Gasteiger charge is 2.27. The molecule has 0 saturated heterocycles. The standard InChI is InChI=1S/C16H18N4/c17-11-12-4-5-14-15(10-12)20-9-8-19(13-2-1-3-13)7-6-16(20)18-14/h4-5,10,13H,1-3,6-9H2. The van der Waals surface area contributed by atoms with E-state index in [9.17, 15) is 0 Å². The molecule has 4 rings (SSSR count). The molecular weight excluding hydrogens is 248 g/mol. The van der Waals surface area contributed by atoms with E-state index in [4.69, 9.17) is 10.2 Å². The molecule has 2 aliphatic rings. The van der Waals surface area contributed by atoms with Gasteiger partial charge >= 0.3 is 0 Å². The molecule has 0 N–H and O–H groups in total. The summed E-state index contributed by atoms with van der Waals surface area (Å²) in [7, 11) is 0. The van der Waals surface area contributed by atoms with Gasteiger partial charge in [0, 0.05) is 32.1 Å². The Kier molecular flexibility index (Phi) is 2.75. The van der Waals surface area contributed by atoms with Crippen LogP contribution in [0.2, 0.25) is 0 Å². The second-order valence-electron chi connectivity index (χ2n) is 5.87. The van der Waals surface area contributed by atoms with E-state index in [-0.39, 0.29) is 0 Å². The van der Waals surface area contributed by atoms with Gasteiger partial charge in [-0.3, -0.25) is 4.90 Å². The highest BCUT2D eigenvalue weighted by Crippen LogP contribution is 2.27. The van der Waals surface area contributed by atoms with Crippen LogP contribution in [0.3, 0.4) is 0 Å². The van der Waals surface area contributed by atoms with Crippen molar-refractivity contribution in [3.63, 3.8) is 0 Å². The molecule has 20 heavy (non-hydrogen) atoms. The first-order chi connectivity index (χ1) is 9.85. The number of fused-ring (bicyclic) bond motifs is 3. The Morgan fingerprint density at radius 3 is 2.85 bits per heavy atom. The van der Waals surface area contributed by atoms with Gasteiger partial charge in [0.05, 0.1) is 22.7 Å². The SMILES string of the molecule is N#Cc1ccc2nc3n(c2c1)CCN(C1CCC1)CC3. The quantitative estimate of drug-likeness (QED) is 0.795. The van der Waals surface area contributed by atoms with Gasteiger partial charge in [0.15, 0.2) is 0 Å². The van der Waals surface area contributed by atoms with Crippen LogP contribution in [0.1, 0.15) is 30.7 Å². The summed E-state index contributed by atoms with van der Waals surface area (Å²) in [5.41, 5.74) is 2.87. The third kappa shape index (κ3) is 1.82. The average molecular weight is 266 g/mol. The molecule has 0 atom stereocenters. The Labute approximate surface area is 118 Å². The molecule has 1 fully saturated rings. The number of nitrogens with zero attached hydrogens (tertiary/aromatic N) is 4. The number of aromatic nitrogens is 2. The summed E-state index contributed by atoms with van der Waals surface area (Å²) >= 11 is 0. The fraction of sp³-hybridized carbons (Fsp3) is 0.500. The Morgan fingerprint density at radius 2 is 2.10 bits per heavy atom. The van der Waals surface area contributed by atoms with Gasteiger partial charge in [-0.1, -0.05) is 6.42 Å². The summed E-state index contributed by atoms with van der Waals surface area (Å²) in [4.78, 5) is 7.38. The molecule has 1 aromatic heterocycles. The number of nitriles is 1. The van der Waals surface area contributed by atoms with Crippen molar-refractivity contribution in [2.24, 2.45) is 0 Å². The molecule has 1 aliphatic heterocycles. The normalized spacial score (nSPS) is 20.1. The van der Waals surface area contributed by atoms with Gasteiger partial charge in [-0.25, -0.2) is 4.98 Å². The van der Waals surface area contributed by atoms with Gasteiger partial charge < -0.3 is 4.57 Å². The zero-order valence-electron chi connectivity index (χ0n) is 11.5. The molecule has 0 unspecified atom stereocenters. The van der Waals surface area contributed by atoms with Crippen LogP contribution in [0.15, 0.2) is 18.2 Å². The van der Waals surface area contributed by atoms with Crippen LogP contribution in [-0.2, 0) is 13.0 Å². The minimum atomic E-state index is 0.722. The Bertz CT molecular complexity index is 690. The van der Waals surface area contributed by atoms with Gasteiger partial charge in [0.2, 0.25) is 0 Å². The number of imidazole rings is 1.